The van der Waals surface area contributed by atoms with E-state index >= 15 is 0 Å². The maximum Gasteiger partial charge on any atom is 0.0540 e. The van der Waals surface area contributed by atoms with Gasteiger partial charge in [-0.2, -0.15) is 0 Å². The Morgan fingerprint density at radius 1 is 0.297 bits per heavy atom. The lowest BCUT2D eigenvalue weighted by atomic mass is 9.82. The van der Waals surface area contributed by atoms with Crippen LogP contribution in [0.3, 0.4) is 0 Å². The first-order chi connectivity index (χ1) is 31.5. The van der Waals surface area contributed by atoms with Crippen LogP contribution in [0.2, 0.25) is 0 Å². The average molecular weight is 816 g/mol. The van der Waals surface area contributed by atoms with Crippen LogP contribution in [0.5, 0.6) is 0 Å². The number of nitrogens with zero attached hydrogens (tertiary/aromatic N) is 1. The third-order valence-electron chi connectivity index (χ3n) is 13.7. The van der Waals surface area contributed by atoms with Gasteiger partial charge in [0.05, 0.1) is 11.4 Å². The zero-order valence-corrected chi connectivity index (χ0v) is 36.0. The van der Waals surface area contributed by atoms with Crippen LogP contribution in [-0.4, -0.2) is 0 Å². The Morgan fingerprint density at radius 3 is 1.48 bits per heavy atom. The molecule has 0 spiro atoms. The fourth-order valence-corrected chi connectivity index (χ4v) is 10.7. The largest absolute Gasteiger partial charge is 0.309 e. The highest BCUT2D eigenvalue weighted by Crippen LogP contribution is 2.54. The van der Waals surface area contributed by atoms with Gasteiger partial charge in [0.2, 0.25) is 0 Å². The zero-order chi connectivity index (χ0) is 42.8. The van der Waals surface area contributed by atoms with Crippen LogP contribution >= 0.6 is 0 Å². The van der Waals surface area contributed by atoms with E-state index in [0.29, 0.717) is 0 Å². The van der Waals surface area contributed by atoms with Crippen molar-refractivity contribution >= 4 is 49.4 Å². The number of rotatable bonds is 7. The molecular weight excluding hydrogens is 771 g/mol. The number of fused-ring (bicyclic) bond motifs is 7. The molecule has 0 aliphatic heterocycles. The molecule has 1 aliphatic rings. The Labute approximate surface area is 375 Å². The molecule has 11 aromatic carbocycles. The molecule has 0 heterocycles. The van der Waals surface area contributed by atoms with Crippen LogP contribution < -0.4 is 4.90 Å². The summed E-state index contributed by atoms with van der Waals surface area (Å²) in [5, 5.41) is 7.49. The second kappa shape index (κ2) is 15.1. The Balaban J connectivity index is 1.10. The molecule has 64 heavy (non-hydrogen) atoms. The molecule has 0 bridgehead atoms. The molecule has 11 aromatic rings. The van der Waals surface area contributed by atoms with Crippen molar-refractivity contribution in [1.82, 2.24) is 0 Å². The molecule has 0 saturated heterocycles. The van der Waals surface area contributed by atoms with E-state index in [1.54, 1.807) is 0 Å². The van der Waals surface area contributed by atoms with E-state index in [1.165, 1.54) is 99.1 Å². The molecule has 0 unspecified atom stereocenters. The molecule has 1 heteroatoms. The predicted octanol–water partition coefficient (Wildman–Crippen LogP) is 17.6. The molecular formula is C63H45N. The molecule has 0 N–H and O–H groups in total. The van der Waals surface area contributed by atoms with Crippen LogP contribution in [0.25, 0.3) is 88.0 Å². The van der Waals surface area contributed by atoms with Crippen molar-refractivity contribution in [2.24, 2.45) is 0 Å². The zero-order valence-electron chi connectivity index (χ0n) is 36.0. The summed E-state index contributed by atoms with van der Waals surface area (Å²) in [5.74, 6) is 0. The van der Waals surface area contributed by atoms with E-state index in [2.05, 4.69) is 255 Å². The van der Waals surface area contributed by atoms with Gasteiger partial charge in [-0.1, -0.05) is 220 Å². The van der Waals surface area contributed by atoms with Gasteiger partial charge in [-0.3, -0.25) is 0 Å². The SMILES string of the molecule is CC1(C)c2ccccc2-c2c(-c3ccccc3N(c3ccc(-c4c(-c5ccccc5)c5ccccc5c5ccccc45)cc3)c3ccccc3-c3ccc4ccccc4c3)cccc21. The summed E-state index contributed by atoms with van der Waals surface area (Å²) in [6, 6.07) is 87.3. The molecule has 0 saturated carbocycles. The smallest absolute Gasteiger partial charge is 0.0540 e. The van der Waals surface area contributed by atoms with Gasteiger partial charge in [-0.25, -0.2) is 0 Å². The molecule has 12 rings (SSSR count). The van der Waals surface area contributed by atoms with Crippen LogP contribution in [0.4, 0.5) is 17.1 Å². The highest BCUT2D eigenvalue weighted by atomic mass is 15.1. The second-order valence-corrected chi connectivity index (χ2v) is 17.6. The van der Waals surface area contributed by atoms with Crippen LogP contribution in [-0.2, 0) is 5.41 Å². The first kappa shape index (κ1) is 37.7. The summed E-state index contributed by atoms with van der Waals surface area (Å²) in [5.41, 5.74) is 18.3. The third kappa shape index (κ3) is 6.00. The van der Waals surface area contributed by atoms with Crippen molar-refractivity contribution in [3.8, 4) is 55.6 Å². The van der Waals surface area contributed by atoms with Crippen molar-refractivity contribution in [2.75, 3.05) is 4.90 Å². The quantitative estimate of drug-likeness (QED) is 0.145. The fraction of sp³-hybridized carbons (Fsp3) is 0.0476. The van der Waals surface area contributed by atoms with E-state index in [0.717, 1.165) is 17.1 Å². The minimum absolute atomic E-state index is 0.110. The first-order valence-electron chi connectivity index (χ1n) is 22.3. The van der Waals surface area contributed by atoms with Gasteiger partial charge in [0, 0.05) is 22.2 Å². The third-order valence-corrected chi connectivity index (χ3v) is 13.7. The lowest BCUT2D eigenvalue weighted by Crippen LogP contribution is -2.15. The van der Waals surface area contributed by atoms with Crippen LogP contribution in [0.1, 0.15) is 25.0 Å². The van der Waals surface area contributed by atoms with Gasteiger partial charge >= 0.3 is 0 Å². The number of benzene rings is 11. The van der Waals surface area contributed by atoms with Crippen LogP contribution in [0.15, 0.2) is 237 Å². The highest BCUT2D eigenvalue weighted by molar-refractivity contribution is 6.21. The Kier molecular flexibility index (Phi) is 8.91. The van der Waals surface area contributed by atoms with E-state index in [9.17, 15) is 0 Å². The number of anilines is 3. The van der Waals surface area contributed by atoms with Crippen molar-refractivity contribution in [2.45, 2.75) is 19.3 Å². The summed E-state index contributed by atoms with van der Waals surface area (Å²) < 4.78 is 0. The normalized spacial score (nSPS) is 12.7. The summed E-state index contributed by atoms with van der Waals surface area (Å²) in [6.07, 6.45) is 0. The molecule has 302 valence electrons. The number of hydrogen-bond acceptors (Lipinski definition) is 1. The van der Waals surface area contributed by atoms with Crippen molar-refractivity contribution < 1.29 is 0 Å². The fourth-order valence-electron chi connectivity index (χ4n) is 10.7. The number of para-hydroxylation sites is 2. The van der Waals surface area contributed by atoms with Crippen LogP contribution in [0, 0.1) is 0 Å². The molecule has 0 aromatic heterocycles. The van der Waals surface area contributed by atoms with E-state index in [-0.39, 0.29) is 5.41 Å². The van der Waals surface area contributed by atoms with E-state index in [1.807, 2.05) is 0 Å². The Bertz CT molecular complexity index is 3580. The highest BCUT2D eigenvalue weighted by Gasteiger charge is 2.37. The minimum Gasteiger partial charge on any atom is -0.309 e. The van der Waals surface area contributed by atoms with Gasteiger partial charge in [0.25, 0.3) is 0 Å². The topological polar surface area (TPSA) is 3.24 Å². The standard InChI is InChI=1S/C63H45N/c1-63(2)56-31-15-12-29-55(56)62-54(30-18-32-57(62)63)51-26-14-17-34-59(51)64(58-33-16-13-23-48(58)46-36-35-42-19-6-7-22-45(42)41-46)47-39-37-44(38-40-47)61-53-28-11-9-25-50(53)49-24-8-10-27-52(49)60(61)43-20-4-3-5-21-43/h3-41H,1-2H3. The van der Waals surface area contributed by atoms with Crippen molar-refractivity contribution in [3.63, 3.8) is 0 Å². The molecule has 0 atom stereocenters. The summed E-state index contributed by atoms with van der Waals surface area (Å²) in [7, 11) is 0. The van der Waals surface area contributed by atoms with Crippen molar-refractivity contribution in [1.29, 1.82) is 0 Å². The molecule has 0 amide bonds. The van der Waals surface area contributed by atoms with Gasteiger partial charge < -0.3 is 4.90 Å². The second-order valence-electron chi connectivity index (χ2n) is 17.6. The maximum absolute atomic E-state index is 2.49. The van der Waals surface area contributed by atoms with E-state index < -0.39 is 0 Å². The number of hydrogen-bond donors (Lipinski definition) is 0. The minimum atomic E-state index is -0.110. The predicted molar refractivity (Wildman–Crippen MR) is 273 cm³/mol. The lowest BCUT2D eigenvalue weighted by molar-refractivity contribution is 0.660. The molecule has 1 nitrogen and oxygen atoms in total. The van der Waals surface area contributed by atoms with Crippen molar-refractivity contribution in [3.05, 3.63) is 248 Å². The maximum atomic E-state index is 2.49. The van der Waals surface area contributed by atoms with E-state index in [4.69, 9.17) is 0 Å². The summed E-state index contributed by atoms with van der Waals surface area (Å²) >= 11 is 0. The summed E-state index contributed by atoms with van der Waals surface area (Å²) in [6.45, 7) is 4.73. The Hall–Kier alpha value is -8.00. The lowest BCUT2D eigenvalue weighted by Gasteiger charge is -2.30. The average Bonchev–Trinajstić information content (AvgIpc) is 3.60. The van der Waals surface area contributed by atoms with Gasteiger partial charge in [-0.15, -0.1) is 0 Å². The molecule has 1 aliphatic carbocycles. The monoisotopic (exact) mass is 815 g/mol. The van der Waals surface area contributed by atoms with Gasteiger partial charge in [0.15, 0.2) is 0 Å². The Morgan fingerprint density at radius 2 is 0.781 bits per heavy atom. The summed E-state index contributed by atoms with van der Waals surface area (Å²) in [4.78, 5) is 2.49. The first-order valence-corrected chi connectivity index (χ1v) is 22.3. The molecule has 0 fully saturated rings. The van der Waals surface area contributed by atoms with Gasteiger partial charge in [0.1, 0.15) is 0 Å². The molecule has 0 radical (unpaired) electrons. The van der Waals surface area contributed by atoms with Gasteiger partial charge in [-0.05, 0) is 118 Å².